The number of halogens is 3. The number of hydrogen-bond donors (Lipinski definition) is 1. The van der Waals surface area contributed by atoms with Gasteiger partial charge in [-0.1, -0.05) is 57.3 Å². The van der Waals surface area contributed by atoms with Gasteiger partial charge in [-0.15, -0.1) is 0 Å². The first-order valence-electron chi connectivity index (χ1n) is 5.67. The van der Waals surface area contributed by atoms with Gasteiger partial charge in [-0.05, 0) is 18.2 Å². The van der Waals surface area contributed by atoms with Crippen LogP contribution in [0.25, 0.3) is 0 Å². The first-order chi connectivity index (χ1) is 9.79. The van der Waals surface area contributed by atoms with E-state index >= 15 is 0 Å². The number of hydrogen-bond acceptors (Lipinski definition) is 3. The van der Waals surface area contributed by atoms with Crippen LogP contribution < -0.4 is 9.88 Å². The van der Waals surface area contributed by atoms with E-state index in [1.807, 2.05) is 24.3 Å². The molecular formula is C13H10BrCl2NO3S. The molecule has 0 aliphatic rings. The van der Waals surface area contributed by atoms with E-state index in [-0.39, 0.29) is 27.3 Å². The van der Waals surface area contributed by atoms with Gasteiger partial charge in [0.05, 0.1) is 14.9 Å². The van der Waals surface area contributed by atoms with Gasteiger partial charge < -0.3 is 4.74 Å². The largest absolute Gasteiger partial charge is 0.486 e. The van der Waals surface area contributed by atoms with Crippen LogP contribution in [-0.4, -0.2) is 8.42 Å². The molecule has 0 spiro atoms. The van der Waals surface area contributed by atoms with Crippen LogP contribution in [-0.2, 0) is 16.6 Å². The summed E-state index contributed by atoms with van der Waals surface area (Å²) in [5.41, 5.74) is 0.903. The number of nitrogens with two attached hydrogens (primary N) is 1. The number of primary sulfonamides is 1. The molecule has 0 aliphatic heterocycles. The number of ether oxygens (including phenoxy) is 1. The number of rotatable bonds is 4. The highest BCUT2D eigenvalue weighted by molar-refractivity contribution is 9.10. The minimum Gasteiger partial charge on any atom is -0.486 e. The minimum atomic E-state index is -3.87. The van der Waals surface area contributed by atoms with E-state index in [2.05, 4.69) is 15.9 Å². The Bertz CT molecular complexity index is 758. The monoisotopic (exact) mass is 409 g/mol. The third kappa shape index (κ3) is 4.11. The lowest BCUT2D eigenvalue weighted by Gasteiger charge is -2.12. The number of benzene rings is 2. The SMILES string of the molecule is NS(=O)(=O)c1cc(Cl)c(OCc2ccccc2Br)c(Cl)c1. The Balaban J connectivity index is 2.28. The molecule has 112 valence electrons. The van der Waals surface area contributed by atoms with Crippen molar-refractivity contribution in [1.29, 1.82) is 0 Å². The fourth-order valence-corrected chi connectivity index (χ4v) is 3.29. The molecule has 0 unspecified atom stereocenters. The summed E-state index contributed by atoms with van der Waals surface area (Å²) in [5.74, 6) is 0.210. The standard InChI is InChI=1S/C13H10BrCl2NO3S/c14-10-4-2-1-3-8(10)7-20-13-11(15)5-9(6-12(13)16)21(17,18)19/h1-6H,7H2,(H2,17,18,19). The lowest BCUT2D eigenvalue weighted by molar-refractivity contribution is 0.305. The zero-order valence-electron chi connectivity index (χ0n) is 10.5. The van der Waals surface area contributed by atoms with E-state index in [1.54, 1.807) is 0 Å². The van der Waals surface area contributed by atoms with Crippen molar-refractivity contribution in [3.8, 4) is 5.75 Å². The second-order valence-electron chi connectivity index (χ2n) is 4.14. The topological polar surface area (TPSA) is 69.4 Å². The summed E-state index contributed by atoms with van der Waals surface area (Å²) in [6.07, 6.45) is 0. The van der Waals surface area contributed by atoms with E-state index in [1.165, 1.54) is 12.1 Å². The summed E-state index contributed by atoms with van der Waals surface area (Å²) < 4.78 is 29.0. The first kappa shape index (κ1) is 16.6. The van der Waals surface area contributed by atoms with Crippen LogP contribution in [0.3, 0.4) is 0 Å². The number of sulfonamides is 1. The molecule has 0 heterocycles. The van der Waals surface area contributed by atoms with Gasteiger partial charge in [-0.2, -0.15) is 0 Å². The van der Waals surface area contributed by atoms with Crippen molar-refractivity contribution in [2.24, 2.45) is 5.14 Å². The predicted molar refractivity (Wildman–Crippen MR) is 86.3 cm³/mol. The lowest BCUT2D eigenvalue weighted by atomic mass is 10.2. The van der Waals surface area contributed by atoms with Crippen molar-refractivity contribution < 1.29 is 13.2 Å². The third-order valence-electron chi connectivity index (χ3n) is 2.63. The van der Waals surface area contributed by atoms with Gasteiger partial charge in [-0.25, -0.2) is 13.6 Å². The quantitative estimate of drug-likeness (QED) is 0.828. The molecule has 0 aromatic heterocycles. The van der Waals surface area contributed by atoms with Gasteiger partial charge >= 0.3 is 0 Å². The second-order valence-corrected chi connectivity index (χ2v) is 7.37. The maximum Gasteiger partial charge on any atom is 0.238 e. The van der Waals surface area contributed by atoms with E-state index in [0.717, 1.165) is 10.0 Å². The zero-order valence-corrected chi connectivity index (χ0v) is 14.4. The molecule has 8 heteroatoms. The van der Waals surface area contributed by atoms with Crippen molar-refractivity contribution >= 4 is 49.2 Å². The van der Waals surface area contributed by atoms with E-state index in [4.69, 9.17) is 33.1 Å². The van der Waals surface area contributed by atoms with Crippen LogP contribution in [0, 0.1) is 0 Å². The van der Waals surface area contributed by atoms with Gasteiger partial charge in [0.2, 0.25) is 10.0 Å². The van der Waals surface area contributed by atoms with Gasteiger partial charge in [0.15, 0.2) is 5.75 Å². The van der Waals surface area contributed by atoms with Crippen molar-refractivity contribution in [2.75, 3.05) is 0 Å². The van der Waals surface area contributed by atoms with Crippen molar-refractivity contribution in [2.45, 2.75) is 11.5 Å². The maximum absolute atomic E-state index is 11.3. The third-order valence-corrected chi connectivity index (χ3v) is 4.86. The van der Waals surface area contributed by atoms with Crippen LogP contribution >= 0.6 is 39.1 Å². The highest BCUT2D eigenvalue weighted by Crippen LogP contribution is 2.36. The van der Waals surface area contributed by atoms with E-state index in [0.29, 0.717) is 0 Å². The van der Waals surface area contributed by atoms with E-state index in [9.17, 15) is 8.42 Å². The highest BCUT2D eigenvalue weighted by atomic mass is 79.9. The molecule has 0 saturated heterocycles. The molecule has 2 aromatic carbocycles. The second kappa shape index (κ2) is 6.54. The molecule has 0 aliphatic carbocycles. The Morgan fingerprint density at radius 2 is 1.71 bits per heavy atom. The smallest absolute Gasteiger partial charge is 0.238 e. The summed E-state index contributed by atoms with van der Waals surface area (Å²) >= 11 is 15.4. The molecular weight excluding hydrogens is 401 g/mol. The summed E-state index contributed by atoms with van der Waals surface area (Å²) in [5, 5.41) is 5.20. The van der Waals surface area contributed by atoms with Crippen molar-refractivity contribution in [3.63, 3.8) is 0 Å². The molecule has 2 rings (SSSR count). The molecule has 0 bridgehead atoms. The molecule has 0 fully saturated rings. The van der Waals surface area contributed by atoms with Gasteiger partial charge in [-0.3, -0.25) is 0 Å². The van der Waals surface area contributed by atoms with Gasteiger partial charge in [0.25, 0.3) is 0 Å². The first-order valence-corrected chi connectivity index (χ1v) is 8.76. The van der Waals surface area contributed by atoms with Gasteiger partial charge in [0.1, 0.15) is 6.61 Å². The van der Waals surface area contributed by atoms with Crippen molar-refractivity contribution in [3.05, 3.63) is 56.5 Å². The van der Waals surface area contributed by atoms with Gasteiger partial charge in [0, 0.05) is 10.0 Å². The van der Waals surface area contributed by atoms with Crippen LogP contribution in [0.5, 0.6) is 5.75 Å². The summed E-state index contributed by atoms with van der Waals surface area (Å²) in [7, 11) is -3.87. The molecule has 2 N–H and O–H groups in total. The Morgan fingerprint density at radius 1 is 1.14 bits per heavy atom. The Morgan fingerprint density at radius 3 is 2.24 bits per heavy atom. The lowest BCUT2D eigenvalue weighted by Crippen LogP contribution is -2.12. The predicted octanol–water partition coefficient (Wildman–Crippen LogP) is 3.98. The Labute approximate surface area is 141 Å². The fraction of sp³-hybridized carbons (Fsp3) is 0.0769. The van der Waals surface area contributed by atoms with Crippen molar-refractivity contribution in [1.82, 2.24) is 0 Å². The Hall–Kier alpha value is -0.790. The highest BCUT2D eigenvalue weighted by Gasteiger charge is 2.16. The van der Waals surface area contributed by atoms with Crippen LogP contribution in [0.1, 0.15) is 5.56 Å². The molecule has 21 heavy (non-hydrogen) atoms. The molecule has 2 aromatic rings. The zero-order chi connectivity index (χ0) is 15.6. The molecule has 0 saturated carbocycles. The summed E-state index contributed by atoms with van der Waals surface area (Å²) in [6, 6.07) is 9.93. The molecule has 0 atom stereocenters. The van der Waals surface area contributed by atoms with Crippen LogP contribution in [0.2, 0.25) is 10.0 Å². The molecule has 0 amide bonds. The average molecular weight is 411 g/mol. The summed E-state index contributed by atoms with van der Waals surface area (Å²) in [6.45, 7) is 0.232. The maximum atomic E-state index is 11.3. The normalized spacial score (nSPS) is 11.4. The Kier molecular flexibility index (Phi) is 5.16. The van der Waals surface area contributed by atoms with E-state index < -0.39 is 10.0 Å². The molecule has 4 nitrogen and oxygen atoms in total. The average Bonchev–Trinajstić information content (AvgIpc) is 2.38. The van der Waals surface area contributed by atoms with Crippen LogP contribution in [0.15, 0.2) is 45.8 Å². The minimum absolute atomic E-state index is 0.0820. The summed E-state index contributed by atoms with van der Waals surface area (Å²) in [4.78, 5) is -0.161. The fourth-order valence-electron chi connectivity index (χ4n) is 1.60. The molecule has 0 radical (unpaired) electrons. The van der Waals surface area contributed by atoms with Crippen LogP contribution in [0.4, 0.5) is 0 Å².